The Morgan fingerprint density at radius 2 is 2.06 bits per heavy atom. The van der Waals surface area contributed by atoms with Gasteiger partial charge in [0.25, 0.3) is 5.91 Å². The smallest absolute Gasteiger partial charge is 0.330 e. The highest BCUT2D eigenvalue weighted by Crippen LogP contribution is 2.18. The van der Waals surface area contributed by atoms with E-state index in [1.165, 1.54) is 19.1 Å². The van der Waals surface area contributed by atoms with E-state index in [0.717, 1.165) is 4.90 Å². The molecule has 2 nitrogen and oxygen atoms in total. The summed E-state index contributed by atoms with van der Waals surface area (Å²) in [5, 5.41) is 0. The molecule has 0 saturated carbocycles. The number of hydrogen-bond donors (Lipinski definition) is 0. The average molecular weight is 280 g/mol. The van der Waals surface area contributed by atoms with E-state index >= 15 is 0 Å². The summed E-state index contributed by atoms with van der Waals surface area (Å²) in [5.74, 6) is -0.422. The standard InChI is InChI=1S/C12H13ClF3NO/c1-2-17(8-12(14,15)16)11(18)10-5-3-4-9(6-10)7-13/h3-6H,2,7-8H2,1H3. The van der Waals surface area contributed by atoms with Crippen LogP contribution in [0.5, 0.6) is 0 Å². The predicted octanol–water partition coefficient (Wildman–Crippen LogP) is 3.45. The third-order valence-corrected chi connectivity index (χ3v) is 2.68. The van der Waals surface area contributed by atoms with Crippen LogP contribution >= 0.6 is 11.6 Å². The molecule has 0 saturated heterocycles. The van der Waals surface area contributed by atoms with E-state index in [9.17, 15) is 18.0 Å². The molecule has 0 radical (unpaired) electrons. The fraction of sp³-hybridized carbons (Fsp3) is 0.417. The van der Waals surface area contributed by atoms with Gasteiger partial charge >= 0.3 is 6.18 Å². The minimum absolute atomic E-state index is 0.00342. The van der Waals surface area contributed by atoms with Gasteiger partial charge in [0, 0.05) is 18.0 Å². The van der Waals surface area contributed by atoms with Crippen LogP contribution in [0.3, 0.4) is 0 Å². The van der Waals surface area contributed by atoms with Crippen LogP contribution in [0.2, 0.25) is 0 Å². The lowest BCUT2D eigenvalue weighted by atomic mass is 10.1. The van der Waals surface area contributed by atoms with Gasteiger partial charge in [0.2, 0.25) is 0 Å². The van der Waals surface area contributed by atoms with Crippen molar-refractivity contribution in [1.82, 2.24) is 4.90 Å². The van der Waals surface area contributed by atoms with Crippen LogP contribution in [0, 0.1) is 0 Å². The van der Waals surface area contributed by atoms with Gasteiger partial charge in [-0.05, 0) is 24.6 Å². The number of amides is 1. The van der Waals surface area contributed by atoms with Crippen LogP contribution in [0.1, 0.15) is 22.8 Å². The molecule has 1 amide bonds. The summed E-state index contributed by atoms with van der Waals surface area (Å²) in [4.78, 5) is 12.7. The highest BCUT2D eigenvalue weighted by atomic mass is 35.5. The van der Waals surface area contributed by atoms with Crippen molar-refractivity contribution < 1.29 is 18.0 Å². The third kappa shape index (κ3) is 4.22. The maximum atomic E-state index is 12.3. The Kier molecular flexibility index (Phi) is 5.02. The van der Waals surface area contributed by atoms with Crippen LogP contribution in [0.4, 0.5) is 13.2 Å². The molecule has 0 aliphatic rings. The molecule has 0 spiro atoms. The number of benzene rings is 1. The molecular formula is C12H13ClF3NO. The van der Waals surface area contributed by atoms with Gasteiger partial charge in [-0.1, -0.05) is 12.1 Å². The lowest BCUT2D eigenvalue weighted by molar-refractivity contribution is -0.140. The van der Waals surface area contributed by atoms with Crippen molar-refractivity contribution in [3.8, 4) is 0 Å². The van der Waals surface area contributed by atoms with Crippen molar-refractivity contribution >= 4 is 17.5 Å². The SMILES string of the molecule is CCN(CC(F)(F)F)C(=O)c1cccc(CCl)c1. The topological polar surface area (TPSA) is 20.3 Å². The number of halogens is 4. The number of rotatable bonds is 4. The Hall–Kier alpha value is -1.23. The maximum Gasteiger partial charge on any atom is 0.406 e. The fourth-order valence-electron chi connectivity index (χ4n) is 1.51. The highest BCUT2D eigenvalue weighted by molar-refractivity contribution is 6.17. The molecule has 1 aromatic rings. The van der Waals surface area contributed by atoms with E-state index in [0.29, 0.717) is 5.56 Å². The van der Waals surface area contributed by atoms with Crippen molar-refractivity contribution in [1.29, 1.82) is 0 Å². The Balaban J connectivity index is 2.89. The molecule has 0 unspecified atom stereocenters. The second-order valence-corrected chi connectivity index (χ2v) is 4.04. The van der Waals surface area contributed by atoms with Gasteiger partial charge in [-0.15, -0.1) is 11.6 Å². The number of carbonyl (C=O) groups is 1. The van der Waals surface area contributed by atoms with E-state index in [1.54, 1.807) is 12.1 Å². The number of carbonyl (C=O) groups excluding carboxylic acids is 1. The Labute approximate surface area is 108 Å². The molecule has 0 atom stereocenters. The quantitative estimate of drug-likeness (QED) is 0.773. The van der Waals surface area contributed by atoms with Crippen molar-refractivity contribution in [2.24, 2.45) is 0 Å². The van der Waals surface area contributed by atoms with Crippen LogP contribution in [0.15, 0.2) is 24.3 Å². The van der Waals surface area contributed by atoms with E-state index in [-0.39, 0.29) is 18.0 Å². The molecule has 0 heterocycles. The van der Waals surface area contributed by atoms with Crippen molar-refractivity contribution in [3.63, 3.8) is 0 Å². The van der Waals surface area contributed by atoms with Crippen LogP contribution in [-0.2, 0) is 5.88 Å². The van der Waals surface area contributed by atoms with Crippen LogP contribution in [-0.4, -0.2) is 30.1 Å². The zero-order chi connectivity index (χ0) is 13.8. The summed E-state index contributed by atoms with van der Waals surface area (Å²) in [5.41, 5.74) is 0.921. The summed E-state index contributed by atoms with van der Waals surface area (Å²) >= 11 is 5.62. The lowest BCUT2D eigenvalue weighted by Crippen LogP contribution is -2.38. The molecule has 6 heteroatoms. The van der Waals surface area contributed by atoms with E-state index in [4.69, 9.17) is 11.6 Å². The first-order valence-corrected chi connectivity index (χ1v) is 5.91. The molecule has 0 N–H and O–H groups in total. The maximum absolute atomic E-state index is 12.3. The molecular weight excluding hydrogens is 267 g/mol. The highest BCUT2D eigenvalue weighted by Gasteiger charge is 2.32. The van der Waals surface area contributed by atoms with Gasteiger partial charge in [0.05, 0.1) is 0 Å². The lowest BCUT2D eigenvalue weighted by Gasteiger charge is -2.22. The molecule has 0 aliphatic heterocycles. The van der Waals surface area contributed by atoms with Gasteiger partial charge in [-0.2, -0.15) is 13.2 Å². The zero-order valence-corrected chi connectivity index (χ0v) is 10.6. The number of nitrogens with zero attached hydrogens (tertiary/aromatic N) is 1. The second kappa shape index (κ2) is 6.09. The molecule has 0 aromatic heterocycles. The van der Waals surface area contributed by atoms with Crippen molar-refractivity contribution in [2.75, 3.05) is 13.1 Å². The summed E-state index contributed by atoms with van der Waals surface area (Å²) in [7, 11) is 0. The number of alkyl halides is 4. The van der Waals surface area contributed by atoms with Crippen LogP contribution in [0.25, 0.3) is 0 Å². The van der Waals surface area contributed by atoms with Gasteiger partial charge < -0.3 is 4.90 Å². The van der Waals surface area contributed by atoms with Crippen molar-refractivity contribution in [3.05, 3.63) is 35.4 Å². The minimum atomic E-state index is -4.39. The molecule has 18 heavy (non-hydrogen) atoms. The van der Waals surface area contributed by atoms with Gasteiger partial charge in [-0.3, -0.25) is 4.79 Å². The molecule has 0 bridgehead atoms. The Bertz CT molecular complexity index is 420. The Morgan fingerprint density at radius 1 is 1.39 bits per heavy atom. The predicted molar refractivity (Wildman–Crippen MR) is 63.6 cm³/mol. The minimum Gasteiger partial charge on any atom is -0.330 e. The summed E-state index contributed by atoms with van der Waals surface area (Å²) in [6.45, 7) is 0.270. The molecule has 100 valence electrons. The monoisotopic (exact) mass is 279 g/mol. The largest absolute Gasteiger partial charge is 0.406 e. The van der Waals surface area contributed by atoms with Crippen molar-refractivity contribution in [2.45, 2.75) is 19.0 Å². The molecule has 0 aliphatic carbocycles. The molecule has 0 fully saturated rings. The normalized spacial score (nSPS) is 11.4. The summed E-state index contributed by atoms with van der Waals surface area (Å²) < 4.78 is 36.9. The summed E-state index contributed by atoms with van der Waals surface area (Å²) in [6, 6.07) is 6.31. The third-order valence-electron chi connectivity index (χ3n) is 2.37. The number of hydrogen-bond acceptors (Lipinski definition) is 1. The van der Waals surface area contributed by atoms with Gasteiger partial charge in [0.15, 0.2) is 0 Å². The Morgan fingerprint density at radius 3 is 2.56 bits per heavy atom. The first-order valence-electron chi connectivity index (χ1n) is 5.38. The van der Waals surface area contributed by atoms with E-state index in [1.807, 2.05) is 0 Å². The molecule has 1 rings (SSSR count). The zero-order valence-electron chi connectivity index (χ0n) is 9.80. The summed E-state index contributed by atoms with van der Waals surface area (Å²) in [6.07, 6.45) is -4.39. The van der Waals surface area contributed by atoms with Gasteiger partial charge in [0.1, 0.15) is 6.54 Å². The van der Waals surface area contributed by atoms with E-state index < -0.39 is 18.6 Å². The fourth-order valence-corrected chi connectivity index (χ4v) is 1.68. The molecule has 1 aromatic carbocycles. The van der Waals surface area contributed by atoms with E-state index in [2.05, 4.69) is 0 Å². The second-order valence-electron chi connectivity index (χ2n) is 3.77. The van der Waals surface area contributed by atoms with Crippen LogP contribution < -0.4 is 0 Å². The average Bonchev–Trinajstić information content (AvgIpc) is 2.34. The first-order chi connectivity index (χ1) is 8.37. The first kappa shape index (κ1) is 14.8. The van der Waals surface area contributed by atoms with Gasteiger partial charge in [-0.25, -0.2) is 0 Å².